The highest BCUT2D eigenvalue weighted by atomic mass is 16.5. The molecule has 1 aliphatic rings. The number of benzene rings is 1. The van der Waals surface area contributed by atoms with Gasteiger partial charge in [0.25, 0.3) is 5.91 Å². The van der Waals surface area contributed by atoms with Gasteiger partial charge in [-0.2, -0.15) is 0 Å². The third kappa shape index (κ3) is 4.46. The molecule has 0 spiro atoms. The minimum atomic E-state index is -0.452. The Hall–Kier alpha value is -1.55. The maximum absolute atomic E-state index is 12.2. The highest BCUT2D eigenvalue weighted by molar-refractivity contribution is 5.81. The first-order valence-corrected chi connectivity index (χ1v) is 7.73. The lowest BCUT2D eigenvalue weighted by molar-refractivity contribution is -0.128. The molecule has 1 aliphatic heterocycles. The summed E-state index contributed by atoms with van der Waals surface area (Å²) in [7, 11) is 0. The maximum atomic E-state index is 12.2. The van der Waals surface area contributed by atoms with Gasteiger partial charge >= 0.3 is 0 Å². The van der Waals surface area contributed by atoms with E-state index < -0.39 is 6.10 Å². The molecule has 21 heavy (non-hydrogen) atoms. The Morgan fingerprint density at radius 3 is 2.95 bits per heavy atom. The summed E-state index contributed by atoms with van der Waals surface area (Å²) < 4.78 is 11.4. The highest BCUT2D eigenvalue weighted by Crippen LogP contribution is 2.21. The van der Waals surface area contributed by atoms with Gasteiger partial charge in [0.1, 0.15) is 5.75 Å². The van der Waals surface area contributed by atoms with Crippen LogP contribution >= 0.6 is 0 Å². The summed E-state index contributed by atoms with van der Waals surface area (Å²) in [5, 5.41) is 2.94. The Kier molecular flexibility index (Phi) is 5.62. The number of hydrogen-bond donors (Lipinski definition) is 1. The number of amides is 1. The zero-order chi connectivity index (χ0) is 15.2. The van der Waals surface area contributed by atoms with E-state index in [2.05, 4.69) is 5.32 Å². The van der Waals surface area contributed by atoms with Gasteiger partial charge in [0, 0.05) is 13.2 Å². The second kappa shape index (κ2) is 7.46. The first-order valence-electron chi connectivity index (χ1n) is 7.73. The second-order valence-corrected chi connectivity index (χ2v) is 5.66. The molecule has 0 radical (unpaired) electrons. The van der Waals surface area contributed by atoms with Crippen LogP contribution in [0, 0.1) is 13.8 Å². The summed E-state index contributed by atoms with van der Waals surface area (Å²) in [4.78, 5) is 12.2. The van der Waals surface area contributed by atoms with Gasteiger partial charge < -0.3 is 14.8 Å². The fourth-order valence-electron chi connectivity index (χ4n) is 2.44. The number of rotatable bonds is 6. The third-order valence-electron chi connectivity index (χ3n) is 3.80. The first-order chi connectivity index (χ1) is 10.1. The Morgan fingerprint density at radius 2 is 2.29 bits per heavy atom. The van der Waals surface area contributed by atoms with Gasteiger partial charge in [-0.25, -0.2) is 0 Å². The molecule has 0 unspecified atom stereocenters. The monoisotopic (exact) mass is 291 g/mol. The van der Waals surface area contributed by atoms with E-state index in [0.29, 0.717) is 13.0 Å². The van der Waals surface area contributed by atoms with Gasteiger partial charge in [0.05, 0.1) is 6.10 Å². The lowest BCUT2D eigenvalue weighted by Crippen LogP contribution is -2.41. The molecule has 0 aromatic heterocycles. The summed E-state index contributed by atoms with van der Waals surface area (Å²) in [6.45, 7) is 7.35. The Morgan fingerprint density at radius 1 is 1.48 bits per heavy atom. The van der Waals surface area contributed by atoms with Gasteiger partial charge in [-0.05, 0) is 50.3 Å². The Balaban J connectivity index is 1.91. The van der Waals surface area contributed by atoms with Crippen molar-refractivity contribution in [2.45, 2.75) is 52.2 Å². The number of carbonyl (C=O) groups is 1. The van der Waals surface area contributed by atoms with Crippen LogP contribution in [-0.4, -0.2) is 31.3 Å². The molecule has 116 valence electrons. The molecular formula is C17H25NO3. The number of hydrogen-bond acceptors (Lipinski definition) is 3. The lowest BCUT2D eigenvalue weighted by atomic mass is 10.1. The average Bonchev–Trinajstić information content (AvgIpc) is 2.99. The van der Waals surface area contributed by atoms with Crippen LogP contribution in [0.25, 0.3) is 0 Å². The number of nitrogens with one attached hydrogen (secondary N) is 1. The van der Waals surface area contributed by atoms with Crippen molar-refractivity contribution in [1.29, 1.82) is 0 Å². The summed E-state index contributed by atoms with van der Waals surface area (Å²) in [6, 6.07) is 6.04. The summed E-state index contributed by atoms with van der Waals surface area (Å²) in [6.07, 6.45) is 2.45. The molecule has 0 aliphatic carbocycles. The van der Waals surface area contributed by atoms with Crippen LogP contribution < -0.4 is 10.1 Å². The molecule has 0 bridgehead atoms. The summed E-state index contributed by atoms with van der Waals surface area (Å²) >= 11 is 0. The molecule has 0 saturated carbocycles. The average molecular weight is 291 g/mol. The Labute approximate surface area is 126 Å². The van der Waals surface area contributed by atoms with Crippen molar-refractivity contribution >= 4 is 5.91 Å². The van der Waals surface area contributed by atoms with Gasteiger partial charge in [-0.3, -0.25) is 4.79 Å². The quantitative estimate of drug-likeness (QED) is 0.876. The van der Waals surface area contributed by atoms with Gasteiger partial charge in [0.2, 0.25) is 0 Å². The van der Waals surface area contributed by atoms with Crippen molar-refractivity contribution in [1.82, 2.24) is 5.32 Å². The van der Waals surface area contributed by atoms with Gasteiger partial charge in [0.15, 0.2) is 6.10 Å². The standard InChI is InChI=1S/C17H25NO3/c1-4-15(17(19)18-11-14-6-5-9-20-14)21-16-10-12(2)7-8-13(16)3/h7-8,10,14-15H,4-6,9,11H2,1-3H3,(H,18,19)/t14-,15-/m1/s1. The van der Waals surface area contributed by atoms with E-state index in [1.807, 2.05) is 39.0 Å². The van der Waals surface area contributed by atoms with Gasteiger partial charge in [-0.15, -0.1) is 0 Å². The number of ether oxygens (including phenoxy) is 2. The van der Waals surface area contributed by atoms with E-state index >= 15 is 0 Å². The van der Waals surface area contributed by atoms with Gasteiger partial charge in [-0.1, -0.05) is 19.1 Å². The van der Waals surface area contributed by atoms with Crippen LogP contribution in [0.5, 0.6) is 5.75 Å². The topological polar surface area (TPSA) is 47.6 Å². The van der Waals surface area contributed by atoms with Crippen molar-refractivity contribution in [3.8, 4) is 5.75 Å². The fourth-order valence-corrected chi connectivity index (χ4v) is 2.44. The normalized spacial score (nSPS) is 19.3. The molecule has 1 aromatic carbocycles. The zero-order valence-electron chi connectivity index (χ0n) is 13.1. The largest absolute Gasteiger partial charge is 0.480 e. The van der Waals surface area contributed by atoms with Crippen LogP contribution in [-0.2, 0) is 9.53 Å². The predicted molar refractivity (Wildman–Crippen MR) is 82.6 cm³/mol. The van der Waals surface area contributed by atoms with Crippen LogP contribution in [0.15, 0.2) is 18.2 Å². The molecule has 4 nitrogen and oxygen atoms in total. The van der Waals surface area contributed by atoms with Crippen molar-refractivity contribution in [3.63, 3.8) is 0 Å². The molecule has 1 N–H and O–H groups in total. The minimum absolute atomic E-state index is 0.0612. The van der Waals surface area contributed by atoms with Crippen molar-refractivity contribution in [2.75, 3.05) is 13.2 Å². The van der Waals surface area contributed by atoms with E-state index in [9.17, 15) is 4.79 Å². The van der Waals surface area contributed by atoms with Crippen LogP contribution in [0.2, 0.25) is 0 Å². The fraction of sp³-hybridized carbons (Fsp3) is 0.588. The zero-order valence-corrected chi connectivity index (χ0v) is 13.1. The molecule has 1 aromatic rings. The van der Waals surface area contributed by atoms with E-state index in [1.165, 1.54) is 0 Å². The third-order valence-corrected chi connectivity index (χ3v) is 3.80. The smallest absolute Gasteiger partial charge is 0.261 e. The molecule has 4 heteroatoms. The molecule has 1 amide bonds. The number of carbonyl (C=O) groups excluding carboxylic acids is 1. The van der Waals surface area contributed by atoms with Crippen LogP contribution in [0.1, 0.15) is 37.3 Å². The molecule has 1 saturated heterocycles. The predicted octanol–water partition coefficient (Wildman–Crippen LogP) is 2.76. The first kappa shape index (κ1) is 15.8. The van der Waals surface area contributed by atoms with Crippen LogP contribution in [0.4, 0.5) is 0 Å². The highest BCUT2D eigenvalue weighted by Gasteiger charge is 2.22. The number of aryl methyl sites for hydroxylation is 2. The van der Waals surface area contributed by atoms with E-state index in [-0.39, 0.29) is 12.0 Å². The summed E-state index contributed by atoms with van der Waals surface area (Å²) in [5.41, 5.74) is 2.18. The maximum Gasteiger partial charge on any atom is 0.261 e. The van der Waals surface area contributed by atoms with Crippen molar-refractivity contribution in [2.24, 2.45) is 0 Å². The summed E-state index contributed by atoms with van der Waals surface area (Å²) in [5.74, 6) is 0.725. The molecule has 1 fully saturated rings. The lowest BCUT2D eigenvalue weighted by Gasteiger charge is -2.20. The van der Waals surface area contributed by atoms with Crippen molar-refractivity contribution < 1.29 is 14.3 Å². The SMILES string of the molecule is CC[C@@H](Oc1cc(C)ccc1C)C(=O)NC[C@H]1CCCO1. The molecule has 2 atom stereocenters. The molecule has 2 rings (SSSR count). The Bertz CT molecular complexity index is 481. The van der Waals surface area contributed by atoms with E-state index in [4.69, 9.17) is 9.47 Å². The van der Waals surface area contributed by atoms with E-state index in [1.54, 1.807) is 0 Å². The van der Waals surface area contributed by atoms with E-state index in [0.717, 1.165) is 36.3 Å². The molecule has 1 heterocycles. The van der Waals surface area contributed by atoms with Crippen molar-refractivity contribution in [3.05, 3.63) is 29.3 Å². The molecular weight excluding hydrogens is 266 g/mol. The minimum Gasteiger partial charge on any atom is -0.480 e. The van der Waals surface area contributed by atoms with Crippen LogP contribution in [0.3, 0.4) is 0 Å². The second-order valence-electron chi connectivity index (χ2n) is 5.66.